The predicted octanol–water partition coefficient (Wildman–Crippen LogP) is 0.281. The van der Waals surface area contributed by atoms with Crippen LogP contribution in [0.5, 0.6) is 0 Å². The van der Waals surface area contributed by atoms with Gasteiger partial charge < -0.3 is 19.4 Å². The molecular formula is C20H35N5O3. The molecule has 3 aliphatic heterocycles. The molecule has 8 nitrogen and oxygen atoms in total. The standard InChI is InChI=1S/C20H35N5O3/c1-4-7-23-11-13-24(14-12-23)10-9-22(3)20(27)18-6-5-8-25(18)19(26)17-15-28-16(2)21-17/h17-18H,4-15H2,1-3H3/t17?,18-/m0/s1. The summed E-state index contributed by atoms with van der Waals surface area (Å²) in [5.41, 5.74) is 0. The smallest absolute Gasteiger partial charge is 0.251 e. The number of likely N-dealkylation sites (tertiary alicyclic amines) is 1. The van der Waals surface area contributed by atoms with Gasteiger partial charge in [-0.05, 0) is 25.8 Å². The molecule has 0 aromatic carbocycles. The van der Waals surface area contributed by atoms with Crippen LogP contribution >= 0.6 is 0 Å². The number of likely N-dealkylation sites (N-methyl/N-ethyl adjacent to an activating group) is 1. The van der Waals surface area contributed by atoms with Gasteiger partial charge in [-0.3, -0.25) is 14.5 Å². The lowest BCUT2D eigenvalue weighted by atomic mass is 10.1. The van der Waals surface area contributed by atoms with Crippen molar-refractivity contribution in [3.8, 4) is 0 Å². The SMILES string of the molecule is CCCN1CCN(CCN(C)C(=O)[C@@H]2CCCN2C(=O)C2COC(C)=N2)CC1. The van der Waals surface area contributed by atoms with E-state index >= 15 is 0 Å². The fraction of sp³-hybridized carbons (Fsp3) is 0.850. The molecule has 2 amide bonds. The monoisotopic (exact) mass is 393 g/mol. The molecular weight excluding hydrogens is 358 g/mol. The van der Waals surface area contributed by atoms with Gasteiger partial charge in [0.05, 0.1) is 0 Å². The Morgan fingerprint density at radius 2 is 1.82 bits per heavy atom. The van der Waals surface area contributed by atoms with Crippen molar-refractivity contribution in [2.24, 2.45) is 4.99 Å². The molecule has 158 valence electrons. The number of amides is 2. The van der Waals surface area contributed by atoms with Crippen molar-refractivity contribution in [1.29, 1.82) is 0 Å². The molecule has 0 N–H and O–H groups in total. The second kappa shape index (κ2) is 9.69. The largest absolute Gasteiger partial charge is 0.478 e. The average molecular weight is 394 g/mol. The molecule has 1 unspecified atom stereocenters. The van der Waals surface area contributed by atoms with E-state index in [1.165, 1.54) is 13.0 Å². The Morgan fingerprint density at radius 3 is 2.43 bits per heavy atom. The second-order valence-corrected chi connectivity index (χ2v) is 8.11. The van der Waals surface area contributed by atoms with Crippen molar-refractivity contribution < 1.29 is 14.3 Å². The number of carbonyl (C=O) groups excluding carboxylic acids is 2. The van der Waals surface area contributed by atoms with Gasteiger partial charge in [-0.25, -0.2) is 4.99 Å². The number of hydrogen-bond acceptors (Lipinski definition) is 6. The van der Waals surface area contributed by atoms with Gasteiger partial charge in [0.2, 0.25) is 5.91 Å². The number of piperazine rings is 1. The summed E-state index contributed by atoms with van der Waals surface area (Å²) in [6.45, 7) is 12.0. The lowest BCUT2D eigenvalue weighted by Crippen LogP contribution is -2.52. The van der Waals surface area contributed by atoms with Crippen LogP contribution < -0.4 is 0 Å². The third-order valence-corrected chi connectivity index (χ3v) is 6.03. The third-order valence-electron chi connectivity index (χ3n) is 6.03. The maximum absolute atomic E-state index is 13.0. The fourth-order valence-corrected chi connectivity index (χ4v) is 4.31. The first-order valence-corrected chi connectivity index (χ1v) is 10.7. The molecule has 0 aliphatic carbocycles. The Bertz CT molecular complexity index is 588. The van der Waals surface area contributed by atoms with E-state index in [9.17, 15) is 9.59 Å². The summed E-state index contributed by atoms with van der Waals surface area (Å²) in [6, 6.07) is -0.840. The maximum atomic E-state index is 13.0. The van der Waals surface area contributed by atoms with E-state index in [2.05, 4.69) is 21.7 Å². The molecule has 0 aromatic heterocycles. The zero-order chi connectivity index (χ0) is 20.1. The van der Waals surface area contributed by atoms with Crippen LogP contribution in [0.15, 0.2) is 4.99 Å². The summed E-state index contributed by atoms with van der Waals surface area (Å²) in [4.78, 5) is 38.5. The van der Waals surface area contributed by atoms with Crippen LogP contribution in [0, 0.1) is 0 Å². The molecule has 2 fully saturated rings. The Labute approximate surface area is 168 Å². The molecule has 0 aromatic rings. The highest BCUT2D eigenvalue weighted by Gasteiger charge is 2.39. The first-order valence-electron chi connectivity index (χ1n) is 10.7. The lowest BCUT2D eigenvalue weighted by Gasteiger charge is -2.35. The van der Waals surface area contributed by atoms with Gasteiger partial charge in [-0.15, -0.1) is 0 Å². The minimum absolute atomic E-state index is 0.0510. The summed E-state index contributed by atoms with van der Waals surface area (Å²) >= 11 is 0. The summed E-state index contributed by atoms with van der Waals surface area (Å²) < 4.78 is 5.32. The minimum atomic E-state index is -0.488. The van der Waals surface area contributed by atoms with Gasteiger partial charge in [0.25, 0.3) is 5.91 Å². The molecule has 2 saturated heterocycles. The molecule has 0 radical (unpaired) electrons. The highest BCUT2D eigenvalue weighted by atomic mass is 16.5. The van der Waals surface area contributed by atoms with E-state index in [1.807, 2.05) is 7.05 Å². The number of rotatable bonds is 7. The van der Waals surface area contributed by atoms with Gasteiger partial charge in [-0.1, -0.05) is 6.92 Å². The zero-order valence-corrected chi connectivity index (χ0v) is 17.6. The molecule has 0 bridgehead atoms. The van der Waals surface area contributed by atoms with Crippen molar-refractivity contribution >= 4 is 17.7 Å². The summed E-state index contributed by atoms with van der Waals surface area (Å²) in [5, 5.41) is 0. The molecule has 8 heteroatoms. The van der Waals surface area contributed by atoms with Crippen LogP contribution in [0.3, 0.4) is 0 Å². The maximum Gasteiger partial charge on any atom is 0.251 e. The Kier molecular flexibility index (Phi) is 7.29. The fourth-order valence-electron chi connectivity index (χ4n) is 4.31. The number of hydrogen-bond donors (Lipinski definition) is 0. The molecule has 2 atom stereocenters. The molecule has 0 saturated carbocycles. The van der Waals surface area contributed by atoms with Crippen LogP contribution in [0.2, 0.25) is 0 Å². The molecule has 3 aliphatic rings. The van der Waals surface area contributed by atoms with Gasteiger partial charge >= 0.3 is 0 Å². The van der Waals surface area contributed by atoms with Crippen molar-refractivity contribution in [1.82, 2.24) is 19.6 Å². The number of carbonyl (C=O) groups is 2. The Hall–Kier alpha value is -1.67. The average Bonchev–Trinajstić information content (AvgIpc) is 3.35. The molecule has 0 spiro atoms. The highest BCUT2D eigenvalue weighted by Crippen LogP contribution is 2.22. The van der Waals surface area contributed by atoms with E-state index in [0.29, 0.717) is 25.6 Å². The van der Waals surface area contributed by atoms with Crippen LogP contribution in [-0.4, -0.2) is 115 Å². The minimum Gasteiger partial charge on any atom is -0.478 e. The third kappa shape index (κ3) is 5.03. The second-order valence-electron chi connectivity index (χ2n) is 8.11. The molecule has 28 heavy (non-hydrogen) atoms. The molecule has 3 rings (SSSR count). The van der Waals surface area contributed by atoms with Gasteiger partial charge in [0.1, 0.15) is 12.6 Å². The van der Waals surface area contributed by atoms with Crippen molar-refractivity contribution in [2.45, 2.75) is 45.2 Å². The van der Waals surface area contributed by atoms with Crippen molar-refractivity contribution in [2.75, 3.05) is 66.0 Å². The van der Waals surface area contributed by atoms with Crippen molar-refractivity contribution in [3.63, 3.8) is 0 Å². The van der Waals surface area contributed by atoms with Crippen LogP contribution in [0.25, 0.3) is 0 Å². The Balaban J connectivity index is 1.46. The van der Waals surface area contributed by atoms with Crippen LogP contribution in [0.4, 0.5) is 0 Å². The highest BCUT2D eigenvalue weighted by molar-refractivity contribution is 5.92. The lowest BCUT2D eigenvalue weighted by molar-refractivity contribution is -0.144. The number of aliphatic imine (C=N–C) groups is 1. The number of ether oxygens (including phenoxy) is 1. The Morgan fingerprint density at radius 1 is 1.14 bits per heavy atom. The van der Waals surface area contributed by atoms with Gasteiger partial charge in [0.15, 0.2) is 11.9 Å². The number of nitrogens with zero attached hydrogens (tertiary/aromatic N) is 5. The first kappa shape index (κ1) is 21.0. The topological polar surface area (TPSA) is 68.7 Å². The zero-order valence-electron chi connectivity index (χ0n) is 17.6. The summed E-state index contributed by atoms with van der Waals surface area (Å²) in [7, 11) is 1.86. The van der Waals surface area contributed by atoms with Crippen LogP contribution in [0.1, 0.15) is 33.1 Å². The van der Waals surface area contributed by atoms with Gasteiger partial charge in [0, 0.05) is 59.8 Å². The van der Waals surface area contributed by atoms with E-state index < -0.39 is 6.04 Å². The van der Waals surface area contributed by atoms with Gasteiger partial charge in [-0.2, -0.15) is 0 Å². The van der Waals surface area contributed by atoms with E-state index in [-0.39, 0.29) is 17.9 Å². The van der Waals surface area contributed by atoms with E-state index in [0.717, 1.165) is 45.6 Å². The van der Waals surface area contributed by atoms with Crippen LogP contribution in [-0.2, 0) is 14.3 Å². The quantitative estimate of drug-likeness (QED) is 0.622. The molecule has 3 heterocycles. The first-order chi connectivity index (χ1) is 13.5. The summed E-state index contributed by atoms with van der Waals surface area (Å²) in [6.07, 6.45) is 2.80. The van der Waals surface area contributed by atoms with E-state index in [4.69, 9.17) is 4.74 Å². The summed E-state index contributed by atoms with van der Waals surface area (Å²) in [5.74, 6) is 0.528. The van der Waals surface area contributed by atoms with Crippen molar-refractivity contribution in [3.05, 3.63) is 0 Å². The van der Waals surface area contributed by atoms with E-state index in [1.54, 1.807) is 16.7 Å². The predicted molar refractivity (Wildman–Crippen MR) is 108 cm³/mol. The normalized spacial score (nSPS) is 26.2.